The molecule has 0 saturated heterocycles. The van der Waals surface area contributed by atoms with E-state index in [-0.39, 0.29) is 0 Å². The summed E-state index contributed by atoms with van der Waals surface area (Å²) < 4.78 is 0.991. The number of hydrogen-bond donors (Lipinski definition) is 2. The average molecular weight is 383 g/mol. The summed E-state index contributed by atoms with van der Waals surface area (Å²) in [7, 11) is 0. The van der Waals surface area contributed by atoms with Gasteiger partial charge in [0.05, 0.1) is 5.69 Å². The van der Waals surface area contributed by atoms with Crippen LogP contribution in [0.4, 0.5) is 23.1 Å². The Bertz CT molecular complexity index is 877. The molecule has 0 spiro atoms. The van der Waals surface area contributed by atoms with Crippen LogP contribution in [-0.4, -0.2) is 9.97 Å². The summed E-state index contributed by atoms with van der Waals surface area (Å²) in [6, 6.07) is 16.1. The molecule has 122 valence electrons. The molecule has 0 aliphatic carbocycles. The van der Waals surface area contributed by atoms with Crippen molar-refractivity contribution in [2.45, 2.75) is 20.8 Å². The second kappa shape index (κ2) is 7.01. The molecule has 0 aliphatic rings. The molecule has 3 aromatic rings. The minimum atomic E-state index is 0.580. The highest BCUT2D eigenvalue weighted by Crippen LogP contribution is 2.26. The Morgan fingerprint density at radius 3 is 2.38 bits per heavy atom. The molecule has 0 fully saturated rings. The number of nitrogens with zero attached hydrogens (tertiary/aromatic N) is 2. The molecule has 0 amide bonds. The van der Waals surface area contributed by atoms with E-state index < -0.39 is 0 Å². The first-order valence-electron chi connectivity index (χ1n) is 7.73. The quantitative estimate of drug-likeness (QED) is 0.611. The average Bonchev–Trinajstić information content (AvgIpc) is 2.52. The van der Waals surface area contributed by atoms with E-state index in [0.29, 0.717) is 5.95 Å². The van der Waals surface area contributed by atoms with E-state index in [4.69, 9.17) is 0 Å². The fourth-order valence-electron chi connectivity index (χ4n) is 2.46. The summed E-state index contributed by atoms with van der Waals surface area (Å²) in [5.74, 6) is 1.33. The third kappa shape index (κ3) is 3.92. The van der Waals surface area contributed by atoms with Crippen molar-refractivity contribution < 1.29 is 0 Å². The number of aryl methyl sites for hydroxylation is 3. The Kier molecular flexibility index (Phi) is 4.81. The van der Waals surface area contributed by atoms with Crippen molar-refractivity contribution in [2.24, 2.45) is 0 Å². The van der Waals surface area contributed by atoms with E-state index in [0.717, 1.165) is 27.4 Å². The van der Waals surface area contributed by atoms with Crippen molar-refractivity contribution >= 4 is 39.1 Å². The first kappa shape index (κ1) is 16.5. The Balaban J connectivity index is 1.87. The number of benzene rings is 2. The van der Waals surface area contributed by atoms with Gasteiger partial charge < -0.3 is 10.6 Å². The van der Waals surface area contributed by atoms with Crippen molar-refractivity contribution in [2.75, 3.05) is 10.6 Å². The zero-order valence-corrected chi connectivity index (χ0v) is 15.5. The maximum Gasteiger partial charge on any atom is 0.229 e. The molecule has 0 unspecified atom stereocenters. The van der Waals surface area contributed by atoms with Crippen LogP contribution in [0.5, 0.6) is 0 Å². The summed E-state index contributed by atoms with van der Waals surface area (Å²) in [5, 5.41) is 6.63. The van der Waals surface area contributed by atoms with Crippen molar-refractivity contribution in [3.8, 4) is 0 Å². The Morgan fingerprint density at radius 1 is 0.833 bits per heavy atom. The van der Waals surface area contributed by atoms with E-state index in [1.54, 1.807) is 0 Å². The lowest BCUT2D eigenvalue weighted by molar-refractivity contribution is 1.10. The molecule has 1 aromatic heterocycles. The van der Waals surface area contributed by atoms with Gasteiger partial charge in [-0.3, -0.25) is 0 Å². The van der Waals surface area contributed by atoms with Gasteiger partial charge >= 0.3 is 0 Å². The SMILES string of the molecule is Cc1ccc(Nc2nc(C)cc(Nc3ccccc3Br)n2)c(C)c1. The molecule has 0 saturated carbocycles. The molecule has 0 atom stereocenters. The standard InChI is InChI=1S/C19H19BrN4/c1-12-8-9-16(13(2)10-12)23-19-21-14(3)11-18(24-19)22-17-7-5-4-6-15(17)20/h4-11H,1-3H3,(H2,21,22,23,24). The summed E-state index contributed by atoms with van der Waals surface area (Å²) in [6.45, 7) is 6.12. The molecule has 3 rings (SSSR count). The molecule has 0 radical (unpaired) electrons. The Labute approximate surface area is 150 Å². The van der Waals surface area contributed by atoms with E-state index in [2.05, 4.69) is 68.6 Å². The summed E-state index contributed by atoms with van der Waals surface area (Å²) >= 11 is 3.54. The summed E-state index contributed by atoms with van der Waals surface area (Å²) in [6.07, 6.45) is 0. The second-order valence-corrected chi connectivity index (χ2v) is 6.62. The molecular weight excluding hydrogens is 364 g/mol. The highest BCUT2D eigenvalue weighted by molar-refractivity contribution is 9.10. The molecule has 2 aromatic carbocycles. The lowest BCUT2D eigenvalue weighted by Crippen LogP contribution is -2.03. The first-order valence-corrected chi connectivity index (χ1v) is 8.52. The number of anilines is 4. The minimum Gasteiger partial charge on any atom is -0.339 e. The molecule has 5 heteroatoms. The highest BCUT2D eigenvalue weighted by Gasteiger charge is 2.06. The molecular formula is C19H19BrN4. The monoisotopic (exact) mass is 382 g/mol. The van der Waals surface area contributed by atoms with E-state index in [9.17, 15) is 0 Å². The van der Waals surface area contributed by atoms with E-state index in [1.165, 1.54) is 11.1 Å². The smallest absolute Gasteiger partial charge is 0.229 e. The van der Waals surface area contributed by atoms with Crippen LogP contribution in [0, 0.1) is 20.8 Å². The van der Waals surface area contributed by atoms with Crippen LogP contribution in [0.3, 0.4) is 0 Å². The zero-order valence-electron chi connectivity index (χ0n) is 13.9. The maximum atomic E-state index is 4.57. The maximum absolute atomic E-state index is 4.57. The minimum absolute atomic E-state index is 0.580. The van der Waals surface area contributed by atoms with Gasteiger partial charge in [-0.15, -0.1) is 0 Å². The third-order valence-electron chi connectivity index (χ3n) is 3.62. The molecule has 2 N–H and O–H groups in total. The van der Waals surface area contributed by atoms with Crippen LogP contribution in [0.1, 0.15) is 16.8 Å². The van der Waals surface area contributed by atoms with Crippen LogP contribution >= 0.6 is 15.9 Å². The van der Waals surface area contributed by atoms with Gasteiger partial charge in [0.15, 0.2) is 0 Å². The molecule has 0 aliphatic heterocycles. The second-order valence-electron chi connectivity index (χ2n) is 5.77. The topological polar surface area (TPSA) is 49.8 Å². The number of halogens is 1. The van der Waals surface area contributed by atoms with Crippen molar-refractivity contribution in [3.05, 3.63) is 69.8 Å². The predicted molar refractivity (Wildman–Crippen MR) is 103 cm³/mol. The number of aromatic nitrogens is 2. The van der Waals surface area contributed by atoms with Crippen molar-refractivity contribution in [1.82, 2.24) is 9.97 Å². The van der Waals surface area contributed by atoms with Crippen molar-refractivity contribution in [1.29, 1.82) is 0 Å². The van der Waals surface area contributed by atoms with Gasteiger partial charge in [-0.25, -0.2) is 4.98 Å². The largest absolute Gasteiger partial charge is 0.339 e. The fraction of sp³-hybridized carbons (Fsp3) is 0.158. The van der Waals surface area contributed by atoms with Crippen LogP contribution < -0.4 is 10.6 Å². The van der Waals surface area contributed by atoms with E-state index >= 15 is 0 Å². The fourth-order valence-corrected chi connectivity index (χ4v) is 2.85. The Hall–Kier alpha value is -2.40. The Morgan fingerprint density at radius 2 is 1.62 bits per heavy atom. The van der Waals surface area contributed by atoms with Crippen LogP contribution in [0.15, 0.2) is 53.0 Å². The molecule has 1 heterocycles. The summed E-state index contributed by atoms with van der Waals surface area (Å²) in [5.41, 5.74) is 5.28. The van der Waals surface area contributed by atoms with Gasteiger partial charge in [0, 0.05) is 21.9 Å². The van der Waals surface area contributed by atoms with Gasteiger partial charge in [0.25, 0.3) is 0 Å². The number of nitrogens with one attached hydrogen (secondary N) is 2. The van der Waals surface area contributed by atoms with Crippen LogP contribution in [-0.2, 0) is 0 Å². The molecule has 24 heavy (non-hydrogen) atoms. The number of rotatable bonds is 4. The van der Waals surface area contributed by atoms with Crippen molar-refractivity contribution in [3.63, 3.8) is 0 Å². The van der Waals surface area contributed by atoms with Gasteiger partial charge in [0.1, 0.15) is 5.82 Å². The predicted octanol–water partition coefficient (Wildman–Crippen LogP) is 5.65. The van der Waals surface area contributed by atoms with Crippen LogP contribution in [0.2, 0.25) is 0 Å². The molecule has 4 nitrogen and oxygen atoms in total. The third-order valence-corrected chi connectivity index (χ3v) is 4.31. The summed E-state index contributed by atoms with van der Waals surface area (Å²) in [4.78, 5) is 9.06. The van der Waals surface area contributed by atoms with Gasteiger partial charge in [-0.1, -0.05) is 29.8 Å². The number of hydrogen-bond acceptors (Lipinski definition) is 4. The number of para-hydroxylation sites is 1. The molecule has 0 bridgehead atoms. The van der Waals surface area contributed by atoms with Crippen LogP contribution in [0.25, 0.3) is 0 Å². The van der Waals surface area contributed by atoms with Gasteiger partial charge in [-0.2, -0.15) is 4.98 Å². The van der Waals surface area contributed by atoms with Gasteiger partial charge in [0.2, 0.25) is 5.95 Å². The normalized spacial score (nSPS) is 10.5. The van der Waals surface area contributed by atoms with E-state index in [1.807, 2.05) is 37.3 Å². The lowest BCUT2D eigenvalue weighted by Gasteiger charge is -2.12. The lowest BCUT2D eigenvalue weighted by atomic mass is 10.1. The first-order chi connectivity index (χ1) is 11.5. The van der Waals surface area contributed by atoms with Gasteiger partial charge in [-0.05, 0) is 60.5 Å². The highest BCUT2D eigenvalue weighted by atomic mass is 79.9. The zero-order chi connectivity index (χ0) is 17.1.